The van der Waals surface area contributed by atoms with Gasteiger partial charge in [0, 0.05) is 36.4 Å². The van der Waals surface area contributed by atoms with Crippen molar-refractivity contribution in [2.24, 2.45) is 11.7 Å². The minimum atomic E-state index is -0.389. The summed E-state index contributed by atoms with van der Waals surface area (Å²) in [5, 5.41) is 14.1. The second-order valence-corrected chi connectivity index (χ2v) is 5.29. The van der Waals surface area contributed by atoms with Gasteiger partial charge in [-0.15, -0.1) is 0 Å². The number of non-ortho nitro benzene ring substituents is 1. The topological polar surface area (TPSA) is 90.4 Å². The molecule has 3 rings (SSSR count). The molecule has 0 amide bonds. The molecule has 0 radical (unpaired) electrons. The fourth-order valence-electron chi connectivity index (χ4n) is 2.99. The highest BCUT2D eigenvalue weighted by atomic mass is 16.6. The lowest BCUT2D eigenvalue weighted by Gasteiger charge is -2.46. The van der Waals surface area contributed by atoms with E-state index in [2.05, 4.69) is 5.32 Å². The van der Waals surface area contributed by atoms with Gasteiger partial charge in [0.25, 0.3) is 5.69 Å². The highest BCUT2D eigenvalue weighted by Gasteiger charge is 2.52. The van der Waals surface area contributed by atoms with E-state index in [1.807, 2.05) is 6.92 Å². The molecule has 2 aliphatic rings. The number of nitro groups is 1. The number of rotatable bonds is 3. The van der Waals surface area contributed by atoms with Crippen molar-refractivity contribution in [2.75, 3.05) is 11.9 Å². The van der Waals surface area contributed by atoms with Crippen LogP contribution in [0.2, 0.25) is 0 Å². The van der Waals surface area contributed by atoms with Crippen LogP contribution in [0, 0.1) is 23.0 Å². The van der Waals surface area contributed by atoms with Crippen molar-refractivity contribution in [1.82, 2.24) is 0 Å². The lowest BCUT2D eigenvalue weighted by Crippen LogP contribution is -2.65. The smallest absolute Gasteiger partial charge is 0.271 e. The number of aryl methyl sites for hydroxylation is 1. The third kappa shape index (κ3) is 1.97. The minimum absolute atomic E-state index is 0.0493. The molecule has 1 aliphatic carbocycles. The summed E-state index contributed by atoms with van der Waals surface area (Å²) >= 11 is 0. The number of nitrogens with two attached hydrogens (primary N) is 1. The largest absolute Gasteiger partial charge is 0.378 e. The summed E-state index contributed by atoms with van der Waals surface area (Å²) in [6.45, 7) is 2.68. The fourth-order valence-corrected chi connectivity index (χ4v) is 2.99. The highest BCUT2D eigenvalue weighted by Crippen LogP contribution is 2.40. The Morgan fingerprint density at radius 2 is 2.32 bits per heavy atom. The molecule has 2 fully saturated rings. The van der Waals surface area contributed by atoms with Gasteiger partial charge in [-0.1, -0.05) is 6.07 Å². The molecule has 1 aromatic rings. The predicted octanol–water partition coefficient (Wildman–Crippen LogP) is 1.43. The van der Waals surface area contributed by atoms with Crippen LogP contribution in [0.1, 0.15) is 12.0 Å². The molecule has 6 nitrogen and oxygen atoms in total. The van der Waals surface area contributed by atoms with Crippen molar-refractivity contribution in [3.63, 3.8) is 0 Å². The average molecular weight is 263 g/mol. The van der Waals surface area contributed by atoms with Gasteiger partial charge >= 0.3 is 0 Å². The van der Waals surface area contributed by atoms with Crippen molar-refractivity contribution < 1.29 is 9.66 Å². The van der Waals surface area contributed by atoms with Gasteiger partial charge in [-0.3, -0.25) is 10.1 Å². The molecule has 1 saturated carbocycles. The molecule has 0 spiro atoms. The lowest BCUT2D eigenvalue weighted by molar-refractivity contribution is -0.384. The monoisotopic (exact) mass is 263 g/mol. The van der Waals surface area contributed by atoms with E-state index in [1.165, 1.54) is 6.07 Å². The van der Waals surface area contributed by atoms with Gasteiger partial charge in [0.2, 0.25) is 0 Å². The summed E-state index contributed by atoms with van der Waals surface area (Å²) in [5.74, 6) is 0.427. The Bertz CT molecular complexity index is 520. The average Bonchev–Trinajstić information content (AvgIpc) is 2.82. The first kappa shape index (κ1) is 12.4. The van der Waals surface area contributed by atoms with Crippen molar-refractivity contribution in [1.29, 1.82) is 0 Å². The first-order valence-electron chi connectivity index (χ1n) is 6.46. The molecule has 6 heteroatoms. The number of nitrogens with zero attached hydrogens (tertiary/aromatic N) is 1. The summed E-state index contributed by atoms with van der Waals surface area (Å²) in [7, 11) is 0. The van der Waals surface area contributed by atoms with Crippen LogP contribution in [0.5, 0.6) is 0 Å². The van der Waals surface area contributed by atoms with E-state index in [0.29, 0.717) is 5.92 Å². The molecule has 4 unspecified atom stereocenters. The van der Waals surface area contributed by atoms with E-state index in [9.17, 15) is 10.1 Å². The zero-order valence-electron chi connectivity index (χ0n) is 10.7. The Hall–Kier alpha value is -1.66. The van der Waals surface area contributed by atoms with Crippen molar-refractivity contribution in [3.8, 4) is 0 Å². The molecule has 1 aliphatic heterocycles. The van der Waals surface area contributed by atoms with Crippen LogP contribution in [0.3, 0.4) is 0 Å². The van der Waals surface area contributed by atoms with Crippen molar-refractivity contribution >= 4 is 11.4 Å². The van der Waals surface area contributed by atoms with E-state index < -0.39 is 0 Å². The molecular formula is C13H17N3O3. The van der Waals surface area contributed by atoms with Crippen LogP contribution < -0.4 is 11.1 Å². The number of fused-ring (bicyclic) bond motifs is 1. The number of nitrogens with one attached hydrogen (secondary N) is 1. The third-order valence-electron chi connectivity index (χ3n) is 4.20. The van der Waals surface area contributed by atoms with Crippen LogP contribution >= 0.6 is 0 Å². The van der Waals surface area contributed by atoms with Gasteiger partial charge in [0.15, 0.2) is 0 Å². The molecule has 1 heterocycles. The van der Waals surface area contributed by atoms with Gasteiger partial charge in [-0.2, -0.15) is 0 Å². The van der Waals surface area contributed by atoms with Crippen LogP contribution in [-0.4, -0.2) is 29.7 Å². The number of ether oxygens (including phenoxy) is 1. The third-order valence-corrected chi connectivity index (χ3v) is 4.20. The van der Waals surface area contributed by atoms with Gasteiger partial charge in [-0.25, -0.2) is 0 Å². The van der Waals surface area contributed by atoms with Crippen molar-refractivity contribution in [2.45, 2.75) is 31.5 Å². The molecule has 1 saturated heterocycles. The number of hydrogen-bond donors (Lipinski definition) is 2. The Morgan fingerprint density at radius 3 is 3.05 bits per heavy atom. The zero-order valence-corrected chi connectivity index (χ0v) is 10.7. The molecule has 102 valence electrons. The van der Waals surface area contributed by atoms with E-state index in [-0.39, 0.29) is 28.8 Å². The molecule has 4 atom stereocenters. The SMILES string of the molecule is Cc1ccc([N+](=O)[O-])cc1NC1C(N)C2CCOC21. The number of anilines is 1. The van der Waals surface area contributed by atoms with Gasteiger partial charge < -0.3 is 15.8 Å². The Morgan fingerprint density at radius 1 is 1.53 bits per heavy atom. The van der Waals surface area contributed by atoms with E-state index in [4.69, 9.17) is 10.5 Å². The molecule has 3 N–H and O–H groups in total. The minimum Gasteiger partial charge on any atom is -0.378 e. The zero-order chi connectivity index (χ0) is 13.6. The highest BCUT2D eigenvalue weighted by molar-refractivity contribution is 5.58. The number of hydrogen-bond acceptors (Lipinski definition) is 5. The predicted molar refractivity (Wildman–Crippen MR) is 71.1 cm³/mol. The van der Waals surface area contributed by atoms with Crippen LogP contribution in [0.25, 0.3) is 0 Å². The van der Waals surface area contributed by atoms with Crippen LogP contribution in [0.4, 0.5) is 11.4 Å². The quantitative estimate of drug-likeness (QED) is 0.636. The van der Waals surface area contributed by atoms with E-state index >= 15 is 0 Å². The second kappa shape index (κ2) is 4.47. The molecule has 19 heavy (non-hydrogen) atoms. The standard InChI is InChI=1S/C13H17N3O3/c1-7-2-3-8(16(17)18)6-10(7)15-12-11(14)9-4-5-19-13(9)12/h2-3,6,9,11-13,15H,4-5,14H2,1H3. The van der Waals surface area contributed by atoms with E-state index in [1.54, 1.807) is 12.1 Å². The van der Waals surface area contributed by atoms with Gasteiger partial charge in [0.05, 0.1) is 17.1 Å². The number of benzene rings is 1. The normalized spacial score (nSPS) is 32.5. The molecule has 1 aromatic carbocycles. The van der Waals surface area contributed by atoms with Gasteiger partial charge in [-0.05, 0) is 18.9 Å². The summed E-state index contributed by atoms with van der Waals surface area (Å²) in [6, 6.07) is 4.93. The Balaban J connectivity index is 1.79. The van der Waals surface area contributed by atoms with Crippen molar-refractivity contribution in [3.05, 3.63) is 33.9 Å². The molecular weight excluding hydrogens is 246 g/mol. The van der Waals surface area contributed by atoms with Gasteiger partial charge in [0.1, 0.15) is 0 Å². The second-order valence-electron chi connectivity index (χ2n) is 5.29. The summed E-state index contributed by atoms with van der Waals surface area (Å²) in [4.78, 5) is 10.4. The summed E-state index contributed by atoms with van der Waals surface area (Å²) in [6.07, 6.45) is 1.16. The van der Waals surface area contributed by atoms with E-state index in [0.717, 1.165) is 24.3 Å². The fraction of sp³-hybridized carbons (Fsp3) is 0.538. The first-order chi connectivity index (χ1) is 9.08. The summed E-state index contributed by atoms with van der Waals surface area (Å²) in [5.41, 5.74) is 7.95. The van der Waals surface area contributed by atoms with Crippen LogP contribution in [-0.2, 0) is 4.74 Å². The maximum absolute atomic E-state index is 10.8. The van der Waals surface area contributed by atoms with Crippen LogP contribution in [0.15, 0.2) is 18.2 Å². The molecule has 0 bridgehead atoms. The first-order valence-corrected chi connectivity index (χ1v) is 6.46. The molecule has 0 aromatic heterocycles. The Kier molecular flexibility index (Phi) is 2.91. The lowest BCUT2D eigenvalue weighted by atomic mass is 9.72. The Labute approximate surface area is 111 Å². The number of nitro benzene ring substituents is 1. The maximum atomic E-state index is 10.8. The maximum Gasteiger partial charge on any atom is 0.271 e. The summed E-state index contributed by atoms with van der Waals surface area (Å²) < 4.78 is 5.65.